The van der Waals surface area contributed by atoms with Crippen molar-refractivity contribution in [2.75, 3.05) is 13.9 Å². The number of para-hydroxylation sites is 1. The summed E-state index contributed by atoms with van der Waals surface area (Å²) in [5.74, 6) is 0.480. The summed E-state index contributed by atoms with van der Waals surface area (Å²) in [5, 5.41) is 0. The van der Waals surface area contributed by atoms with Gasteiger partial charge in [-0.1, -0.05) is 30.3 Å². The topological polar surface area (TPSA) is 18.5 Å². The molecule has 0 aliphatic carbocycles. The van der Waals surface area contributed by atoms with Crippen LogP contribution in [0.2, 0.25) is 0 Å². The molecule has 0 radical (unpaired) electrons. The molecule has 5 heteroatoms. The maximum absolute atomic E-state index is 12.7. The Kier molecular flexibility index (Phi) is 4.29. The second kappa shape index (κ2) is 5.96. The lowest BCUT2D eigenvalue weighted by molar-refractivity contribution is -0.137. The summed E-state index contributed by atoms with van der Waals surface area (Å²) in [4.78, 5) is 0. The molecule has 0 aromatic heterocycles. The summed E-state index contributed by atoms with van der Waals surface area (Å²) in [5.41, 5.74) is 0.360. The monoisotopic (exact) mass is 282 g/mol. The van der Waals surface area contributed by atoms with Crippen molar-refractivity contribution in [2.24, 2.45) is 0 Å². The van der Waals surface area contributed by atoms with Gasteiger partial charge in [-0.2, -0.15) is 13.2 Å². The van der Waals surface area contributed by atoms with Crippen LogP contribution in [0.5, 0.6) is 5.75 Å². The van der Waals surface area contributed by atoms with Gasteiger partial charge in [0.15, 0.2) is 6.79 Å². The Morgan fingerprint density at radius 1 is 1.00 bits per heavy atom. The lowest BCUT2D eigenvalue weighted by atomic mass is 10.0. The van der Waals surface area contributed by atoms with E-state index in [0.717, 1.165) is 12.1 Å². The van der Waals surface area contributed by atoms with Gasteiger partial charge >= 0.3 is 6.18 Å². The molecular formula is C15H13F3O2. The highest BCUT2D eigenvalue weighted by atomic mass is 19.4. The van der Waals surface area contributed by atoms with E-state index in [0.29, 0.717) is 16.9 Å². The van der Waals surface area contributed by atoms with Crippen molar-refractivity contribution in [1.29, 1.82) is 0 Å². The van der Waals surface area contributed by atoms with Crippen molar-refractivity contribution >= 4 is 0 Å². The van der Waals surface area contributed by atoms with E-state index < -0.39 is 11.7 Å². The van der Waals surface area contributed by atoms with E-state index in [9.17, 15) is 13.2 Å². The molecule has 2 rings (SSSR count). The van der Waals surface area contributed by atoms with E-state index in [1.54, 1.807) is 30.3 Å². The fourth-order valence-corrected chi connectivity index (χ4v) is 1.82. The third-order valence-corrected chi connectivity index (χ3v) is 2.72. The summed E-state index contributed by atoms with van der Waals surface area (Å²) in [7, 11) is 1.48. The molecule has 0 spiro atoms. The zero-order chi connectivity index (χ0) is 14.6. The number of alkyl halides is 3. The lowest BCUT2D eigenvalue weighted by Crippen LogP contribution is -2.05. The SMILES string of the molecule is COCOc1ccccc1-c1cccc(C(F)(F)F)c1. The van der Waals surface area contributed by atoms with E-state index >= 15 is 0 Å². The molecule has 0 bridgehead atoms. The van der Waals surface area contributed by atoms with Gasteiger partial charge in [-0.15, -0.1) is 0 Å². The van der Waals surface area contributed by atoms with E-state index in [4.69, 9.17) is 9.47 Å². The second-order valence-corrected chi connectivity index (χ2v) is 4.13. The number of benzene rings is 2. The van der Waals surface area contributed by atoms with E-state index in [-0.39, 0.29) is 6.79 Å². The summed E-state index contributed by atoms with van der Waals surface area (Å²) in [6.45, 7) is 0.0377. The second-order valence-electron chi connectivity index (χ2n) is 4.13. The van der Waals surface area contributed by atoms with Gasteiger partial charge in [-0.25, -0.2) is 0 Å². The van der Waals surface area contributed by atoms with E-state index in [2.05, 4.69) is 0 Å². The average molecular weight is 282 g/mol. The number of hydrogen-bond donors (Lipinski definition) is 0. The summed E-state index contributed by atoms with van der Waals surface area (Å²) in [6, 6.07) is 12.0. The molecule has 0 heterocycles. The molecule has 0 unspecified atom stereocenters. The summed E-state index contributed by atoms with van der Waals surface area (Å²) in [6.07, 6.45) is -4.36. The van der Waals surface area contributed by atoms with Crippen molar-refractivity contribution < 1.29 is 22.6 Å². The summed E-state index contributed by atoms with van der Waals surface area (Å²) >= 11 is 0. The van der Waals surface area contributed by atoms with Crippen molar-refractivity contribution in [2.45, 2.75) is 6.18 Å². The lowest BCUT2D eigenvalue weighted by Gasteiger charge is -2.12. The number of rotatable bonds is 4. The van der Waals surface area contributed by atoms with Crippen LogP contribution in [0.25, 0.3) is 11.1 Å². The Balaban J connectivity index is 2.41. The molecule has 106 valence electrons. The van der Waals surface area contributed by atoms with Crippen LogP contribution in [-0.4, -0.2) is 13.9 Å². The molecule has 2 nitrogen and oxygen atoms in total. The molecule has 0 fully saturated rings. The first-order valence-electron chi connectivity index (χ1n) is 5.91. The molecule has 0 saturated carbocycles. The molecule has 0 aliphatic heterocycles. The van der Waals surface area contributed by atoms with Gasteiger partial charge < -0.3 is 9.47 Å². The standard InChI is InChI=1S/C15H13F3O2/c1-19-10-20-14-8-3-2-7-13(14)11-5-4-6-12(9-11)15(16,17)18/h2-9H,10H2,1H3. The minimum absolute atomic E-state index is 0.0377. The molecule has 2 aromatic rings. The highest BCUT2D eigenvalue weighted by Gasteiger charge is 2.30. The molecule has 0 amide bonds. The molecule has 0 atom stereocenters. The Morgan fingerprint density at radius 2 is 1.75 bits per heavy atom. The predicted octanol–water partition coefficient (Wildman–Crippen LogP) is 4.36. The number of hydrogen-bond acceptors (Lipinski definition) is 2. The highest BCUT2D eigenvalue weighted by molar-refractivity contribution is 5.71. The Bertz CT molecular complexity index is 579. The third-order valence-electron chi connectivity index (χ3n) is 2.72. The molecule has 0 aliphatic rings. The van der Waals surface area contributed by atoms with Crippen molar-refractivity contribution in [1.82, 2.24) is 0 Å². The average Bonchev–Trinajstić information content (AvgIpc) is 2.45. The first-order valence-corrected chi connectivity index (χ1v) is 5.91. The number of ether oxygens (including phenoxy) is 2. The highest BCUT2D eigenvalue weighted by Crippen LogP contribution is 2.35. The zero-order valence-electron chi connectivity index (χ0n) is 10.8. The van der Waals surface area contributed by atoms with Gasteiger partial charge in [0.2, 0.25) is 0 Å². The molecule has 20 heavy (non-hydrogen) atoms. The van der Waals surface area contributed by atoms with Gasteiger partial charge in [0.05, 0.1) is 5.56 Å². The Hall–Kier alpha value is -2.01. The van der Waals surface area contributed by atoms with Crippen LogP contribution in [-0.2, 0) is 10.9 Å². The van der Waals surface area contributed by atoms with Crippen molar-refractivity contribution in [3.8, 4) is 16.9 Å². The van der Waals surface area contributed by atoms with Crippen LogP contribution in [0, 0.1) is 0 Å². The van der Waals surface area contributed by atoms with Crippen LogP contribution in [0.3, 0.4) is 0 Å². The molecular weight excluding hydrogens is 269 g/mol. The minimum atomic E-state index is -4.36. The van der Waals surface area contributed by atoms with Gasteiger partial charge in [0.25, 0.3) is 0 Å². The van der Waals surface area contributed by atoms with Crippen LogP contribution in [0.4, 0.5) is 13.2 Å². The number of methoxy groups -OCH3 is 1. The van der Waals surface area contributed by atoms with Crippen LogP contribution < -0.4 is 4.74 Å². The van der Waals surface area contributed by atoms with Gasteiger partial charge in [-0.05, 0) is 23.8 Å². The first-order chi connectivity index (χ1) is 9.52. The molecule has 0 saturated heterocycles. The van der Waals surface area contributed by atoms with E-state index in [1.165, 1.54) is 13.2 Å². The fraction of sp³-hybridized carbons (Fsp3) is 0.200. The molecule has 0 N–H and O–H groups in total. The van der Waals surface area contributed by atoms with Crippen LogP contribution in [0.15, 0.2) is 48.5 Å². The predicted molar refractivity (Wildman–Crippen MR) is 69.4 cm³/mol. The fourth-order valence-electron chi connectivity index (χ4n) is 1.82. The maximum atomic E-state index is 12.7. The summed E-state index contributed by atoms with van der Waals surface area (Å²) < 4.78 is 48.4. The quantitative estimate of drug-likeness (QED) is 0.776. The van der Waals surface area contributed by atoms with Crippen LogP contribution in [0.1, 0.15) is 5.56 Å². The minimum Gasteiger partial charge on any atom is -0.467 e. The molecule has 2 aromatic carbocycles. The van der Waals surface area contributed by atoms with Crippen LogP contribution >= 0.6 is 0 Å². The Labute approximate surface area is 114 Å². The van der Waals surface area contributed by atoms with Crippen molar-refractivity contribution in [3.05, 3.63) is 54.1 Å². The normalized spacial score (nSPS) is 11.4. The van der Waals surface area contributed by atoms with Gasteiger partial charge in [0.1, 0.15) is 5.75 Å². The van der Waals surface area contributed by atoms with Crippen molar-refractivity contribution in [3.63, 3.8) is 0 Å². The van der Waals surface area contributed by atoms with Gasteiger partial charge in [-0.3, -0.25) is 0 Å². The smallest absolute Gasteiger partial charge is 0.416 e. The van der Waals surface area contributed by atoms with Gasteiger partial charge in [0, 0.05) is 12.7 Å². The number of halogens is 3. The largest absolute Gasteiger partial charge is 0.467 e. The Morgan fingerprint density at radius 3 is 2.45 bits per heavy atom. The zero-order valence-corrected chi connectivity index (χ0v) is 10.8. The third kappa shape index (κ3) is 3.30. The maximum Gasteiger partial charge on any atom is 0.416 e. The first kappa shape index (κ1) is 14.4. The van der Waals surface area contributed by atoms with E-state index in [1.807, 2.05) is 0 Å².